The highest BCUT2D eigenvalue weighted by Crippen LogP contribution is 2.27. The van der Waals surface area contributed by atoms with Crippen molar-refractivity contribution in [1.29, 1.82) is 0 Å². The Kier molecular flexibility index (Phi) is 6.69. The van der Waals surface area contributed by atoms with Gasteiger partial charge in [-0.3, -0.25) is 0 Å². The van der Waals surface area contributed by atoms with Gasteiger partial charge in [0.2, 0.25) is 0 Å². The second-order valence-corrected chi connectivity index (χ2v) is 6.91. The fourth-order valence-corrected chi connectivity index (χ4v) is 3.54. The Morgan fingerprint density at radius 3 is 2.93 bits per heavy atom. The zero-order valence-corrected chi connectivity index (χ0v) is 18.2. The Labute approximate surface area is 177 Å². The average molecular weight is 482 g/mol. The summed E-state index contributed by atoms with van der Waals surface area (Å²) in [5.41, 5.74) is 2.61. The second kappa shape index (κ2) is 9.01. The second-order valence-electron chi connectivity index (χ2n) is 6.91. The van der Waals surface area contributed by atoms with E-state index < -0.39 is 0 Å². The summed E-state index contributed by atoms with van der Waals surface area (Å²) in [7, 11) is 1.98. The first-order chi connectivity index (χ1) is 12.7. The number of ether oxygens (including phenoxy) is 1. The maximum atomic E-state index is 5.76. The van der Waals surface area contributed by atoms with Gasteiger partial charge in [-0.1, -0.05) is 18.2 Å². The summed E-state index contributed by atoms with van der Waals surface area (Å²) < 4.78 is 7.74. The van der Waals surface area contributed by atoms with Crippen molar-refractivity contribution in [3.8, 4) is 0 Å². The quantitative estimate of drug-likeness (QED) is 0.412. The van der Waals surface area contributed by atoms with Gasteiger partial charge in [-0.05, 0) is 37.8 Å². The molecule has 1 fully saturated rings. The van der Waals surface area contributed by atoms with Crippen molar-refractivity contribution in [2.75, 3.05) is 24.6 Å². The largest absolute Gasteiger partial charge is 0.376 e. The van der Waals surface area contributed by atoms with Crippen LogP contribution in [0.3, 0.4) is 0 Å². The third-order valence-electron chi connectivity index (χ3n) is 5.21. The fraction of sp³-hybridized carbons (Fsp3) is 0.526. The van der Waals surface area contributed by atoms with E-state index in [2.05, 4.69) is 44.7 Å². The van der Waals surface area contributed by atoms with E-state index >= 15 is 0 Å². The van der Waals surface area contributed by atoms with Gasteiger partial charge in [-0.2, -0.15) is 0 Å². The molecule has 1 atom stereocenters. The van der Waals surface area contributed by atoms with Gasteiger partial charge in [0, 0.05) is 32.4 Å². The number of hydrogen-bond acceptors (Lipinski definition) is 4. The van der Waals surface area contributed by atoms with Crippen LogP contribution in [0.5, 0.6) is 0 Å². The van der Waals surface area contributed by atoms with Gasteiger partial charge in [-0.15, -0.1) is 34.2 Å². The molecule has 2 aliphatic rings. The predicted octanol–water partition coefficient (Wildman–Crippen LogP) is 2.43. The Morgan fingerprint density at radius 1 is 1.33 bits per heavy atom. The van der Waals surface area contributed by atoms with E-state index in [1.54, 1.807) is 0 Å². The minimum absolute atomic E-state index is 0. The number of halogens is 1. The molecule has 2 aromatic rings. The molecule has 1 aromatic carbocycles. The van der Waals surface area contributed by atoms with Gasteiger partial charge < -0.3 is 19.5 Å². The molecule has 1 saturated heterocycles. The Balaban J connectivity index is 0.00000210. The molecule has 1 N–H and O–H groups in total. The smallest absolute Gasteiger partial charge is 0.199 e. The van der Waals surface area contributed by atoms with Crippen molar-refractivity contribution >= 4 is 35.6 Å². The summed E-state index contributed by atoms with van der Waals surface area (Å²) in [6, 6.07) is 8.54. The van der Waals surface area contributed by atoms with Crippen molar-refractivity contribution in [3.05, 3.63) is 41.5 Å². The number of fused-ring (bicyclic) bond motifs is 1. The number of aryl methyl sites for hydroxylation is 1. The van der Waals surface area contributed by atoms with Crippen LogP contribution in [0.1, 0.15) is 30.1 Å². The zero-order chi connectivity index (χ0) is 17.9. The molecule has 0 spiro atoms. The molecule has 7 nitrogen and oxygen atoms in total. The normalized spacial score (nSPS) is 19.1. The number of hydrogen-bond donors (Lipinski definition) is 1. The van der Waals surface area contributed by atoms with Crippen LogP contribution < -0.4 is 10.2 Å². The summed E-state index contributed by atoms with van der Waals surface area (Å²) >= 11 is 0. The molecule has 27 heavy (non-hydrogen) atoms. The van der Waals surface area contributed by atoms with Gasteiger partial charge in [0.05, 0.1) is 6.10 Å². The fourth-order valence-electron chi connectivity index (χ4n) is 3.54. The molecule has 1 aromatic heterocycles. The molecule has 0 saturated carbocycles. The van der Waals surface area contributed by atoms with Crippen LogP contribution in [-0.2, 0) is 24.8 Å². The number of benzene rings is 1. The molecular weight excluding hydrogens is 455 g/mol. The summed E-state index contributed by atoms with van der Waals surface area (Å²) in [5, 5.41) is 11.9. The van der Waals surface area contributed by atoms with E-state index in [0.717, 1.165) is 56.6 Å². The van der Waals surface area contributed by atoms with Crippen molar-refractivity contribution in [2.45, 2.75) is 38.8 Å². The molecule has 3 heterocycles. The minimum Gasteiger partial charge on any atom is -0.376 e. The predicted molar refractivity (Wildman–Crippen MR) is 117 cm³/mol. The maximum Gasteiger partial charge on any atom is 0.199 e. The molecule has 1 unspecified atom stereocenters. The van der Waals surface area contributed by atoms with Crippen LogP contribution in [-0.4, -0.2) is 46.5 Å². The number of aromatic nitrogens is 3. The lowest BCUT2D eigenvalue weighted by Gasteiger charge is -2.24. The average Bonchev–Trinajstić information content (AvgIpc) is 3.38. The topological polar surface area (TPSA) is 67.6 Å². The van der Waals surface area contributed by atoms with Gasteiger partial charge in [0.1, 0.15) is 12.4 Å². The lowest BCUT2D eigenvalue weighted by Crippen LogP contribution is -2.43. The monoisotopic (exact) mass is 482 g/mol. The third kappa shape index (κ3) is 4.43. The number of para-hydroxylation sites is 1. The van der Waals surface area contributed by atoms with Crippen LogP contribution >= 0.6 is 24.0 Å². The van der Waals surface area contributed by atoms with Gasteiger partial charge in [0.25, 0.3) is 0 Å². The first-order valence-corrected chi connectivity index (χ1v) is 9.32. The molecule has 2 aliphatic heterocycles. The molecule has 4 rings (SSSR count). The SMILES string of the molecule is Cc1nnc(CN=C(NCC2CCCO2)N2CCc3ccccc32)n1C.I. The van der Waals surface area contributed by atoms with Crippen molar-refractivity contribution in [3.63, 3.8) is 0 Å². The standard InChI is InChI=1S/C19H26N6O.HI/c1-14-22-23-18(24(14)2)13-21-19(20-12-16-7-5-11-26-16)25-10-9-15-6-3-4-8-17(15)25;/h3-4,6,8,16H,5,7,9-13H2,1-2H3,(H,20,21);1H. The van der Waals surface area contributed by atoms with E-state index in [1.807, 2.05) is 18.5 Å². The molecule has 0 bridgehead atoms. The van der Waals surface area contributed by atoms with Crippen molar-refractivity contribution in [2.24, 2.45) is 12.0 Å². The van der Waals surface area contributed by atoms with Crippen molar-refractivity contribution in [1.82, 2.24) is 20.1 Å². The van der Waals surface area contributed by atoms with E-state index in [4.69, 9.17) is 9.73 Å². The number of guanidine groups is 1. The van der Waals surface area contributed by atoms with Crippen molar-refractivity contribution < 1.29 is 4.74 Å². The van der Waals surface area contributed by atoms with Gasteiger partial charge in [0.15, 0.2) is 11.8 Å². The first-order valence-electron chi connectivity index (χ1n) is 9.32. The highest BCUT2D eigenvalue weighted by molar-refractivity contribution is 14.0. The van der Waals surface area contributed by atoms with Gasteiger partial charge in [-0.25, -0.2) is 4.99 Å². The molecule has 146 valence electrons. The van der Waals surface area contributed by atoms with E-state index in [1.165, 1.54) is 11.3 Å². The minimum atomic E-state index is 0. The van der Waals surface area contributed by atoms with E-state index in [-0.39, 0.29) is 30.1 Å². The highest BCUT2D eigenvalue weighted by atomic mass is 127. The molecule has 0 aliphatic carbocycles. The van der Waals surface area contributed by atoms with Crippen LogP contribution in [0.25, 0.3) is 0 Å². The maximum absolute atomic E-state index is 5.76. The third-order valence-corrected chi connectivity index (χ3v) is 5.21. The summed E-state index contributed by atoms with van der Waals surface area (Å²) in [6.45, 7) is 5.05. The Hall–Kier alpha value is -1.68. The Bertz CT molecular complexity index is 799. The number of rotatable bonds is 4. The number of anilines is 1. The molecule has 8 heteroatoms. The van der Waals surface area contributed by atoms with Crippen LogP contribution in [0, 0.1) is 6.92 Å². The number of aliphatic imine (C=N–C) groups is 1. The van der Waals surface area contributed by atoms with Crippen LogP contribution in [0.4, 0.5) is 5.69 Å². The summed E-state index contributed by atoms with van der Waals surface area (Å²) in [4.78, 5) is 7.13. The van der Waals surface area contributed by atoms with Crippen LogP contribution in [0.2, 0.25) is 0 Å². The molecular formula is C19H27IN6O. The number of nitrogens with zero attached hydrogens (tertiary/aromatic N) is 5. The first kappa shape index (κ1) is 20.1. The summed E-state index contributed by atoms with van der Waals surface area (Å²) in [5.74, 6) is 2.66. The number of nitrogens with one attached hydrogen (secondary N) is 1. The highest BCUT2D eigenvalue weighted by Gasteiger charge is 2.24. The van der Waals surface area contributed by atoms with Crippen LogP contribution in [0.15, 0.2) is 29.3 Å². The zero-order valence-electron chi connectivity index (χ0n) is 15.9. The van der Waals surface area contributed by atoms with E-state index in [9.17, 15) is 0 Å². The lowest BCUT2D eigenvalue weighted by molar-refractivity contribution is 0.114. The molecule has 0 amide bonds. The summed E-state index contributed by atoms with van der Waals surface area (Å²) in [6.07, 6.45) is 3.57. The lowest BCUT2D eigenvalue weighted by atomic mass is 10.2. The van der Waals surface area contributed by atoms with Gasteiger partial charge >= 0.3 is 0 Å². The van der Waals surface area contributed by atoms with E-state index in [0.29, 0.717) is 6.54 Å². The molecule has 0 radical (unpaired) electrons. The Morgan fingerprint density at radius 2 is 2.19 bits per heavy atom.